The van der Waals surface area contributed by atoms with Gasteiger partial charge in [-0.3, -0.25) is 0 Å². The molecule has 0 amide bonds. The fourth-order valence-electron chi connectivity index (χ4n) is 0.750. The maximum absolute atomic E-state index is 2.33. The van der Waals surface area contributed by atoms with Gasteiger partial charge in [0.1, 0.15) is 0 Å². The Kier molecular flexibility index (Phi) is 5.87. The van der Waals surface area contributed by atoms with Crippen molar-refractivity contribution >= 4 is 17.4 Å². The van der Waals surface area contributed by atoms with E-state index in [1.807, 2.05) is 0 Å². The minimum absolute atomic E-state index is 0.154. The molecule has 0 unspecified atom stereocenters. The van der Waals surface area contributed by atoms with Gasteiger partial charge in [0, 0.05) is 17.4 Å². The standard InChI is InChI=1S/C6H15Si2/c1-4-7-8(5-2)6-3/h4-6H2,1-3H3. The third kappa shape index (κ3) is 3.44. The highest BCUT2D eigenvalue weighted by Crippen LogP contribution is 1.96. The van der Waals surface area contributed by atoms with Crippen LogP contribution < -0.4 is 0 Å². The SMILES string of the molecule is CC[Si][Si](CC)CC. The number of rotatable bonds is 4. The molecule has 0 aromatic rings. The van der Waals surface area contributed by atoms with Crippen LogP contribution in [0.15, 0.2) is 0 Å². The smallest absolute Gasteiger partial charge is 0.0337 e. The summed E-state index contributed by atoms with van der Waals surface area (Å²) in [6.45, 7) is 6.97. The molecule has 0 fully saturated rings. The van der Waals surface area contributed by atoms with Crippen molar-refractivity contribution in [3.63, 3.8) is 0 Å². The largest absolute Gasteiger partial charge is 0.0684 e. The van der Waals surface area contributed by atoms with Crippen molar-refractivity contribution in [1.29, 1.82) is 0 Å². The van der Waals surface area contributed by atoms with Gasteiger partial charge in [-0.1, -0.05) is 38.9 Å². The van der Waals surface area contributed by atoms with E-state index in [0.717, 1.165) is 0 Å². The van der Waals surface area contributed by atoms with E-state index in [0.29, 0.717) is 0 Å². The topological polar surface area (TPSA) is 0 Å². The highest BCUT2D eigenvalue weighted by Gasteiger charge is 2.02. The summed E-state index contributed by atoms with van der Waals surface area (Å²) in [6, 6.07) is 4.39. The lowest BCUT2D eigenvalue weighted by molar-refractivity contribution is 1.34. The van der Waals surface area contributed by atoms with Gasteiger partial charge in [-0.05, 0) is 0 Å². The summed E-state index contributed by atoms with van der Waals surface area (Å²) in [6.07, 6.45) is 0. The summed E-state index contributed by atoms with van der Waals surface area (Å²) in [5, 5.41) is 0. The van der Waals surface area contributed by atoms with Crippen LogP contribution in [0.1, 0.15) is 20.8 Å². The van der Waals surface area contributed by atoms with E-state index in [2.05, 4.69) is 20.8 Å². The number of hydrogen-bond acceptors (Lipinski definition) is 0. The first-order valence-electron chi connectivity index (χ1n) is 3.43. The minimum Gasteiger partial charge on any atom is -0.0684 e. The third-order valence-corrected chi connectivity index (χ3v) is 8.52. The van der Waals surface area contributed by atoms with E-state index < -0.39 is 0 Å². The second-order valence-electron chi connectivity index (χ2n) is 1.84. The van der Waals surface area contributed by atoms with E-state index >= 15 is 0 Å². The molecule has 0 spiro atoms. The Morgan fingerprint density at radius 3 is 1.75 bits per heavy atom. The van der Waals surface area contributed by atoms with Gasteiger partial charge in [0.05, 0.1) is 0 Å². The van der Waals surface area contributed by atoms with Crippen molar-refractivity contribution in [3.05, 3.63) is 0 Å². The van der Waals surface area contributed by atoms with Crippen LogP contribution >= 0.6 is 0 Å². The maximum Gasteiger partial charge on any atom is 0.0337 e. The Balaban J connectivity index is 3.07. The molecule has 0 bridgehead atoms. The molecule has 0 N–H and O–H groups in total. The molecule has 8 heavy (non-hydrogen) atoms. The van der Waals surface area contributed by atoms with Crippen molar-refractivity contribution in [1.82, 2.24) is 0 Å². The quantitative estimate of drug-likeness (QED) is 0.529. The molecule has 0 saturated carbocycles. The molecule has 47 valence electrons. The van der Waals surface area contributed by atoms with E-state index in [4.69, 9.17) is 0 Å². The molecule has 0 aliphatic rings. The summed E-state index contributed by atoms with van der Waals surface area (Å²) < 4.78 is 0. The molecule has 0 heterocycles. The second-order valence-corrected chi connectivity index (χ2v) is 8.70. The van der Waals surface area contributed by atoms with Crippen LogP contribution in [0.5, 0.6) is 0 Å². The lowest BCUT2D eigenvalue weighted by atomic mass is 11.0. The summed E-state index contributed by atoms with van der Waals surface area (Å²) in [5.41, 5.74) is 0. The van der Waals surface area contributed by atoms with Gasteiger partial charge >= 0.3 is 0 Å². The molecule has 0 aromatic heterocycles. The van der Waals surface area contributed by atoms with E-state index in [9.17, 15) is 0 Å². The van der Waals surface area contributed by atoms with Crippen molar-refractivity contribution < 1.29 is 0 Å². The maximum atomic E-state index is 2.33. The number of hydrogen-bond donors (Lipinski definition) is 0. The zero-order valence-electron chi connectivity index (χ0n) is 6.12. The molecule has 0 aliphatic carbocycles. The Morgan fingerprint density at radius 1 is 1.12 bits per heavy atom. The first kappa shape index (κ1) is 8.43. The van der Waals surface area contributed by atoms with Gasteiger partial charge in [-0.15, -0.1) is 0 Å². The van der Waals surface area contributed by atoms with Crippen molar-refractivity contribution in [2.24, 2.45) is 0 Å². The van der Waals surface area contributed by atoms with Crippen LogP contribution in [0.25, 0.3) is 0 Å². The van der Waals surface area contributed by atoms with Crippen LogP contribution in [0.3, 0.4) is 0 Å². The van der Waals surface area contributed by atoms with Crippen LogP contribution in [-0.2, 0) is 0 Å². The molecule has 0 atom stereocenters. The third-order valence-electron chi connectivity index (χ3n) is 1.28. The van der Waals surface area contributed by atoms with Gasteiger partial charge in [0.2, 0.25) is 0 Å². The summed E-state index contributed by atoms with van der Waals surface area (Å²) >= 11 is 0. The highest BCUT2D eigenvalue weighted by atomic mass is 29.2. The molecule has 0 rings (SSSR count). The average Bonchev–Trinajstić information content (AvgIpc) is 1.83. The molecule has 0 aromatic carbocycles. The van der Waals surface area contributed by atoms with Gasteiger partial charge in [-0.25, -0.2) is 0 Å². The lowest BCUT2D eigenvalue weighted by Gasteiger charge is -2.04. The van der Waals surface area contributed by atoms with E-state index in [-0.39, 0.29) is 8.31 Å². The fourth-order valence-corrected chi connectivity index (χ4v) is 5.25. The molecule has 0 saturated heterocycles. The zero-order valence-corrected chi connectivity index (χ0v) is 8.12. The van der Waals surface area contributed by atoms with Crippen LogP contribution in [0.4, 0.5) is 0 Å². The minimum atomic E-state index is 0.154. The van der Waals surface area contributed by atoms with Gasteiger partial charge in [0.15, 0.2) is 0 Å². The predicted molar refractivity (Wildman–Crippen MR) is 43.0 cm³/mol. The molecule has 0 nitrogen and oxygen atoms in total. The first-order chi connectivity index (χ1) is 3.85. The Hall–Kier alpha value is 0.434. The molecular weight excluding hydrogens is 128 g/mol. The Morgan fingerprint density at radius 2 is 1.62 bits per heavy atom. The van der Waals surface area contributed by atoms with Crippen molar-refractivity contribution in [2.45, 2.75) is 38.9 Å². The Bertz CT molecular complexity index is 41.8. The summed E-state index contributed by atoms with van der Waals surface area (Å²) in [4.78, 5) is 0. The molecule has 0 aliphatic heterocycles. The normalized spacial score (nSPS) is 10.5. The van der Waals surface area contributed by atoms with E-state index in [1.54, 1.807) is 0 Å². The van der Waals surface area contributed by atoms with Crippen LogP contribution in [-0.4, -0.2) is 17.4 Å². The first-order valence-corrected chi connectivity index (χ1v) is 7.55. The van der Waals surface area contributed by atoms with Crippen LogP contribution in [0, 0.1) is 0 Å². The Labute approximate surface area is 56.9 Å². The second kappa shape index (κ2) is 5.57. The summed E-state index contributed by atoms with van der Waals surface area (Å²) in [5.74, 6) is 0. The van der Waals surface area contributed by atoms with Gasteiger partial charge < -0.3 is 0 Å². The molecule has 3 radical (unpaired) electrons. The van der Waals surface area contributed by atoms with Crippen molar-refractivity contribution in [2.75, 3.05) is 0 Å². The highest BCUT2D eigenvalue weighted by molar-refractivity contribution is 7.12. The monoisotopic (exact) mass is 143 g/mol. The molecular formula is C6H15Si2. The average molecular weight is 143 g/mol. The van der Waals surface area contributed by atoms with E-state index in [1.165, 1.54) is 27.2 Å². The van der Waals surface area contributed by atoms with Crippen LogP contribution in [0.2, 0.25) is 18.1 Å². The van der Waals surface area contributed by atoms with Crippen molar-refractivity contribution in [3.8, 4) is 0 Å². The predicted octanol–water partition coefficient (Wildman–Crippen LogP) is 2.16. The van der Waals surface area contributed by atoms with Gasteiger partial charge in [-0.2, -0.15) is 0 Å². The summed E-state index contributed by atoms with van der Waals surface area (Å²) in [7, 11) is 1.46. The lowest BCUT2D eigenvalue weighted by Crippen LogP contribution is -2.18. The fraction of sp³-hybridized carbons (Fsp3) is 1.00. The zero-order chi connectivity index (χ0) is 6.41. The molecule has 2 heteroatoms. The van der Waals surface area contributed by atoms with Gasteiger partial charge in [0.25, 0.3) is 0 Å².